The third kappa shape index (κ3) is 2.88. The molecule has 126 valence electrons. The normalized spacial score (nSPS) is 19.0. The standard InChI is InChI=1S/C18H22N4O2/c1-11-7-13-9-16(24-15(13)8-12(11)2)18(23)19-6-5-17-21-20-10-22(17)14-3-4-14/h7-8,10,14,16H,3-6,9H2,1-2H3,(H,19,23). The fourth-order valence-corrected chi connectivity index (χ4v) is 3.17. The molecule has 1 aromatic heterocycles. The van der Waals surface area contributed by atoms with E-state index in [2.05, 4.69) is 40.0 Å². The van der Waals surface area contributed by atoms with Crippen LogP contribution in [0, 0.1) is 13.8 Å². The lowest BCUT2D eigenvalue weighted by molar-refractivity contribution is -0.127. The molecule has 0 saturated heterocycles. The van der Waals surface area contributed by atoms with Crippen LogP contribution in [0.5, 0.6) is 5.75 Å². The third-order valence-corrected chi connectivity index (χ3v) is 4.88. The zero-order valence-corrected chi connectivity index (χ0v) is 14.1. The van der Waals surface area contributed by atoms with Crippen molar-refractivity contribution in [2.75, 3.05) is 6.54 Å². The Kier molecular flexibility index (Phi) is 3.75. The number of hydrogen-bond donors (Lipinski definition) is 1. The van der Waals surface area contributed by atoms with Crippen LogP contribution in [-0.2, 0) is 17.6 Å². The first-order chi connectivity index (χ1) is 11.6. The lowest BCUT2D eigenvalue weighted by Crippen LogP contribution is -2.38. The molecule has 1 N–H and O–H groups in total. The fraction of sp³-hybridized carbons (Fsp3) is 0.500. The molecule has 1 atom stereocenters. The second-order valence-corrected chi connectivity index (χ2v) is 6.78. The Balaban J connectivity index is 1.32. The Morgan fingerprint density at radius 3 is 2.92 bits per heavy atom. The maximum absolute atomic E-state index is 12.4. The van der Waals surface area contributed by atoms with Crippen molar-refractivity contribution in [3.63, 3.8) is 0 Å². The second-order valence-electron chi connectivity index (χ2n) is 6.78. The molecule has 1 aliphatic carbocycles. The predicted octanol–water partition coefficient (Wildman–Crippen LogP) is 1.89. The number of aryl methyl sites for hydroxylation is 2. The van der Waals surface area contributed by atoms with Crippen molar-refractivity contribution in [3.05, 3.63) is 41.0 Å². The van der Waals surface area contributed by atoms with Gasteiger partial charge in [-0.2, -0.15) is 0 Å². The third-order valence-electron chi connectivity index (χ3n) is 4.88. The van der Waals surface area contributed by atoms with Gasteiger partial charge in [0.2, 0.25) is 0 Å². The van der Waals surface area contributed by atoms with Gasteiger partial charge in [0.25, 0.3) is 5.91 Å². The number of hydrogen-bond acceptors (Lipinski definition) is 4. The summed E-state index contributed by atoms with van der Waals surface area (Å²) in [5.74, 6) is 1.73. The van der Waals surface area contributed by atoms with Crippen molar-refractivity contribution < 1.29 is 9.53 Å². The molecule has 6 nitrogen and oxygen atoms in total. The van der Waals surface area contributed by atoms with Gasteiger partial charge in [0.1, 0.15) is 17.9 Å². The van der Waals surface area contributed by atoms with Crippen molar-refractivity contribution in [2.24, 2.45) is 0 Å². The van der Waals surface area contributed by atoms with Gasteiger partial charge < -0.3 is 14.6 Å². The Morgan fingerprint density at radius 2 is 2.12 bits per heavy atom. The van der Waals surface area contributed by atoms with Crippen LogP contribution in [0.3, 0.4) is 0 Å². The molecule has 24 heavy (non-hydrogen) atoms. The SMILES string of the molecule is Cc1cc2c(cc1C)OC(C(=O)NCCc1nncn1C1CC1)C2. The minimum absolute atomic E-state index is 0.0565. The van der Waals surface area contributed by atoms with Crippen molar-refractivity contribution in [1.29, 1.82) is 0 Å². The largest absolute Gasteiger partial charge is 0.480 e. The summed E-state index contributed by atoms with van der Waals surface area (Å²) in [6, 6.07) is 4.70. The van der Waals surface area contributed by atoms with Gasteiger partial charge in [-0.3, -0.25) is 4.79 Å². The van der Waals surface area contributed by atoms with Gasteiger partial charge in [0, 0.05) is 25.4 Å². The predicted molar refractivity (Wildman–Crippen MR) is 89.0 cm³/mol. The topological polar surface area (TPSA) is 69.0 Å². The highest BCUT2D eigenvalue weighted by Gasteiger charge is 2.30. The quantitative estimate of drug-likeness (QED) is 0.911. The Morgan fingerprint density at radius 1 is 1.33 bits per heavy atom. The molecular weight excluding hydrogens is 304 g/mol. The van der Waals surface area contributed by atoms with E-state index in [0.717, 1.165) is 17.1 Å². The first-order valence-corrected chi connectivity index (χ1v) is 8.54. The molecule has 1 amide bonds. The van der Waals surface area contributed by atoms with Crippen LogP contribution in [0.2, 0.25) is 0 Å². The molecule has 2 aliphatic rings. The Hall–Kier alpha value is -2.37. The summed E-state index contributed by atoms with van der Waals surface area (Å²) in [5.41, 5.74) is 3.54. The number of ether oxygens (including phenoxy) is 1. The number of amides is 1. The number of nitrogens with zero attached hydrogens (tertiary/aromatic N) is 3. The van der Waals surface area contributed by atoms with Crippen LogP contribution in [0.15, 0.2) is 18.5 Å². The van der Waals surface area contributed by atoms with Gasteiger partial charge in [-0.15, -0.1) is 10.2 Å². The summed E-state index contributed by atoms with van der Waals surface area (Å²) in [6.45, 7) is 4.69. The van der Waals surface area contributed by atoms with Gasteiger partial charge in [-0.25, -0.2) is 0 Å². The second kappa shape index (κ2) is 5.92. The fourth-order valence-electron chi connectivity index (χ4n) is 3.17. The van der Waals surface area contributed by atoms with Crippen LogP contribution in [0.4, 0.5) is 0 Å². The van der Waals surface area contributed by atoms with Crippen LogP contribution >= 0.6 is 0 Å². The summed E-state index contributed by atoms with van der Waals surface area (Å²) < 4.78 is 7.94. The first-order valence-electron chi connectivity index (χ1n) is 8.54. The lowest BCUT2D eigenvalue weighted by Gasteiger charge is -2.11. The molecular formula is C18H22N4O2. The molecule has 2 heterocycles. The van der Waals surface area contributed by atoms with E-state index in [0.29, 0.717) is 25.4 Å². The van der Waals surface area contributed by atoms with Crippen LogP contribution < -0.4 is 10.1 Å². The molecule has 2 aromatic rings. The number of benzene rings is 1. The maximum Gasteiger partial charge on any atom is 0.261 e. The van der Waals surface area contributed by atoms with E-state index >= 15 is 0 Å². The van der Waals surface area contributed by atoms with Crippen molar-refractivity contribution in [3.8, 4) is 5.75 Å². The number of rotatable bonds is 5. The van der Waals surface area contributed by atoms with Crippen molar-refractivity contribution in [1.82, 2.24) is 20.1 Å². The van der Waals surface area contributed by atoms with Crippen LogP contribution in [0.25, 0.3) is 0 Å². The number of aromatic nitrogens is 3. The summed E-state index contributed by atoms with van der Waals surface area (Å²) >= 11 is 0. The van der Waals surface area contributed by atoms with Gasteiger partial charge in [0.15, 0.2) is 6.10 Å². The van der Waals surface area contributed by atoms with E-state index in [1.54, 1.807) is 6.33 Å². The van der Waals surface area contributed by atoms with Crippen molar-refractivity contribution in [2.45, 2.75) is 51.7 Å². The number of carbonyl (C=O) groups excluding carboxylic acids is 1. The minimum atomic E-state index is -0.428. The van der Waals surface area contributed by atoms with E-state index in [4.69, 9.17) is 4.74 Å². The lowest BCUT2D eigenvalue weighted by atomic mass is 10.0. The molecule has 1 saturated carbocycles. The van der Waals surface area contributed by atoms with Gasteiger partial charge in [0.05, 0.1) is 0 Å². The average Bonchev–Trinajstić information content (AvgIpc) is 3.15. The molecule has 0 spiro atoms. The summed E-state index contributed by atoms with van der Waals surface area (Å²) in [5, 5.41) is 11.1. The Bertz CT molecular complexity index is 748. The number of nitrogens with one attached hydrogen (secondary N) is 1. The van der Waals surface area contributed by atoms with E-state index in [1.165, 1.54) is 24.0 Å². The number of carbonyl (C=O) groups is 1. The van der Waals surface area contributed by atoms with E-state index in [-0.39, 0.29) is 5.91 Å². The van der Waals surface area contributed by atoms with Crippen molar-refractivity contribution >= 4 is 5.91 Å². The highest BCUT2D eigenvalue weighted by atomic mass is 16.5. The summed E-state index contributed by atoms with van der Waals surface area (Å²) in [6.07, 6.45) is 5.09. The molecule has 6 heteroatoms. The van der Waals surface area contributed by atoms with E-state index in [9.17, 15) is 4.79 Å². The molecule has 1 unspecified atom stereocenters. The molecule has 1 aliphatic heterocycles. The molecule has 1 aromatic carbocycles. The van der Waals surface area contributed by atoms with Crippen LogP contribution in [0.1, 0.15) is 41.4 Å². The average molecular weight is 326 g/mol. The highest BCUT2D eigenvalue weighted by Crippen LogP contribution is 2.35. The smallest absolute Gasteiger partial charge is 0.261 e. The summed E-state index contributed by atoms with van der Waals surface area (Å²) in [7, 11) is 0. The minimum Gasteiger partial charge on any atom is -0.480 e. The van der Waals surface area contributed by atoms with E-state index in [1.807, 2.05) is 6.07 Å². The summed E-state index contributed by atoms with van der Waals surface area (Å²) in [4.78, 5) is 12.4. The Labute approximate surface area is 141 Å². The van der Waals surface area contributed by atoms with Gasteiger partial charge >= 0.3 is 0 Å². The molecule has 0 radical (unpaired) electrons. The zero-order chi connectivity index (χ0) is 16.7. The molecule has 4 rings (SSSR count). The zero-order valence-electron chi connectivity index (χ0n) is 14.1. The monoisotopic (exact) mass is 326 g/mol. The highest BCUT2D eigenvalue weighted by molar-refractivity contribution is 5.82. The molecule has 1 fully saturated rings. The number of fused-ring (bicyclic) bond motifs is 1. The van der Waals surface area contributed by atoms with Gasteiger partial charge in [-0.1, -0.05) is 6.07 Å². The van der Waals surface area contributed by atoms with E-state index < -0.39 is 6.10 Å². The molecule has 0 bridgehead atoms. The first kappa shape index (κ1) is 15.2. The van der Waals surface area contributed by atoms with Gasteiger partial charge in [-0.05, 0) is 49.4 Å². The maximum atomic E-state index is 12.4. The van der Waals surface area contributed by atoms with Crippen LogP contribution in [-0.4, -0.2) is 33.3 Å².